The molecule has 0 aliphatic heterocycles. The normalized spacial score (nSPS) is 10.8. The molecule has 1 aromatic rings. The van der Waals surface area contributed by atoms with Crippen molar-refractivity contribution >= 4 is 11.6 Å². The van der Waals surface area contributed by atoms with Gasteiger partial charge in [-0.15, -0.1) is 0 Å². The van der Waals surface area contributed by atoms with Gasteiger partial charge in [0.25, 0.3) is 0 Å². The molecule has 14 heavy (non-hydrogen) atoms. The molecular weight excluding hydrogens is 172 g/mol. The Kier molecular flexibility index (Phi) is 3.74. The molecule has 0 N–H and O–H groups in total. The summed E-state index contributed by atoms with van der Waals surface area (Å²) in [6.07, 6.45) is 5.26. The Morgan fingerprint density at radius 2 is 2.14 bits per heavy atom. The number of methoxy groups -OCH3 is 1. The van der Waals surface area contributed by atoms with Gasteiger partial charge in [0.1, 0.15) is 0 Å². The number of benzene rings is 1. The second-order valence-electron chi connectivity index (χ2n) is 2.84. The van der Waals surface area contributed by atoms with Crippen LogP contribution in [0.4, 0.5) is 0 Å². The summed E-state index contributed by atoms with van der Waals surface area (Å²) >= 11 is 0. The van der Waals surface area contributed by atoms with E-state index in [0.29, 0.717) is 0 Å². The van der Waals surface area contributed by atoms with Crippen molar-refractivity contribution in [1.82, 2.24) is 0 Å². The van der Waals surface area contributed by atoms with Gasteiger partial charge in [0.05, 0.1) is 13.4 Å². The number of ether oxygens (including phenoxy) is 1. The zero-order valence-corrected chi connectivity index (χ0v) is 8.36. The average Bonchev–Trinajstić information content (AvgIpc) is 2.26. The molecule has 0 radical (unpaired) electrons. The Bertz CT molecular complexity index is 361. The summed E-state index contributed by atoms with van der Waals surface area (Å²) in [5.74, 6) is 0. The van der Waals surface area contributed by atoms with Gasteiger partial charge in [-0.2, -0.15) is 0 Å². The van der Waals surface area contributed by atoms with Crippen LogP contribution in [0, 0.1) is 0 Å². The lowest BCUT2D eigenvalue weighted by molar-refractivity contribution is 0.340. The first kappa shape index (κ1) is 10.3. The van der Waals surface area contributed by atoms with Crippen LogP contribution in [0.2, 0.25) is 0 Å². The molecule has 0 saturated heterocycles. The molecule has 0 atom stereocenters. The molecule has 0 aliphatic rings. The van der Waals surface area contributed by atoms with Gasteiger partial charge in [-0.05, 0) is 17.2 Å². The summed E-state index contributed by atoms with van der Waals surface area (Å²) in [7, 11) is 1.63. The van der Waals surface area contributed by atoms with Crippen LogP contribution in [-0.2, 0) is 4.74 Å². The molecule has 0 saturated carbocycles. The van der Waals surface area contributed by atoms with Crippen LogP contribution in [0.15, 0.2) is 49.8 Å². The minimum absolute atomic E-state index is 0.969. The fraction of sp³-hybridized carbons (Fsp3) is 0.0769. The van der Waals surface area contributed by atoms with E-state index < -0.39 is 0 Å². The highest BCUT2D eigenvalue weighted by Crippen LogP contribution is 2.17. The van der Waals surface area contributed by atoms with Crippen molar-refractivity contribution < 1.29 is 4.74 Å². The Morgan fingerprint density at radius 3 is 2.71 bits per heavy atom. The van der Waals surface area contributed by atoms with Crippen LogP contribution in [-0.4, -0.2) is 7.11 Å². The van der Waals surface area contributed by atoms with E-state index in [1.54, 1.807) is 19.4 Å². The number of rotatable bonds is 4. The predicted molar refractivity (Wildman–Crippen MR) is 61.7 cm³/mol. The highest BCUT2D eigenvalue weighted by molar-refractivity contribution is 5.74. The van der Waals surface area contributed by atoms with Crippen molar-refractivity contribution in [3.63, 3.8) is 0 Å². The van der Waals surface area contributed by atoms with Gasteiger partial charge in [0.2, 0.25) is 0 Å². The third-order valence-electron chi connectivity index (χ3n) is 1.92. The van der Waals surface area contributed by atoms with Crippen molar-refractivity contribution in [1.29, 1.82) is 0 Å². The second kappa shape index (κ2) is 5.07. The molecule has 1 aromatic carbocycles. The van der Waals surface area contributed by atoms with Crippen LogP contribution in [0.5, 0.6) is 0 Å². The topological polar surface area (TPSA) is 9.23 Å². The van der Waals surface area contributed by atoms with Crippen molar-refractivity contribution in [2.75, 3.05) is 7.11 Å². The van der Waals surface area contributed by atoms with Crippen LogP contribution in [0.25, 0.3) is 11.6 Å². The smallest absolute Gasteiger partial charge is 0.0902 e. The molecule has 1 heteroatoms. The molecule has 0 spiro atoms. The molecule has 0 fully saturated rings. The Labute approximate surface area is 85.0 Å². The van der Waals surface area contributed by atoms with Crippen LogP contribution >= 0.6 is 0 Å². The minimum atomic E-state index is 0.969. The predicted octanol–water partition coefficient (Wildman–Crippen LogP) is 3.50. The summed E-state index contributed by atoms with van der Waals surface area (Å²) in [5, 5.41) is 0. The molecule has 0 aromatic heterocycles. The largest absolute Gasteiger partial charge is 0.504 e. The van der Waals surface area contributed by atoms with E-state index in [1.165, 1.54) is 0 Å². The molecule has 0 unspecified atom stereocenters. The van der Waals surface area contributed by atoms with Crippen molar-refractivity contribution in [3.8, 4) is 0 Å². The van der Waals surface area contributed by atoms with Gasteiger partial charge in [0.15, 0.2) is 0 Å². The first-order chi connectivity index (χ1) is 6.81. The lowest BCUT2D eigenvalue weighted by Crippen LogP contribution is -1.83. The van der Waals surface area contributed by atoms with Crippen molar-refractivity contribution in [2.45, 2.75) is 0 Å². The van der Waals surface area contributed by atoms with E-state index >= 15 is 0 Å². The molecular formula is C13H14O. The van der Waals surface area contributed by atoms with Gasteiger partial charge < -0.3 is 4.74 Å². The lowest BCUT2D eigenvalue weighted by atomic mass is 10.0. The Hall–Kier alpha value is -1.76. The summed E-state index contributed by atoms with van der Waals surface area (Å²) in [4.78, 5) is 0. The van der Waals surface area contributed by atoms with Gasteiger partial charge in [-0.25, -0.2) is 0 Å². The summed E-state index contributed by atoms with van der Waals surface area (Å²) in [6.45, 7) is 7.46. The zero-order valence-electron chi connectivity index (χ0n) is 8.36. The standard InChI is InChI=1S/C13H14O/c1-4-11-7-6-8-13(9-11)12(5-2)10-14-3/h4-10H,1-2H2,3H3/b12-10+. The summed E-state index contributed by atoms with van der Waals surface area (Å²) in [6, 6.07) is 8.04. The summed E-state index contributed by atoms with van der Waals surface area (Å²) < 4.78 is 4.96. The van der Waals surface area contributed by atoms with Crippen LogP contribution in [0.1, 0.15) is 11.1 Å². The molecule has 1 nitrogen and oxygen atoms in total. The van der Waals surface area contributed by atoms with Crippen LogP contribution in [0.3, 0.4) is 0 Å². The molecule has 72 valence electrons. The first-order valence-corrected chi connectivity index (χ1v) is 4.40. The molecule has 0 aliphatic carbocycles. The van der Waals surface area contributed by atoms with E-state index in [4.69, 9.17) is 4.74 Å². The quantitative estimate of drug-likeness (QED) is 0.516. The zero-order chi connectivity index (χ0) is 10.4. The van der Waals surface area contributed by atoms with Crippen molar-refractivity contribution in [2.24, 2.45) is 0 Å². The fourth-order valence-electron chi connectivity index (χ4n) is 1.21. The molecule has 0 heterocycles. The minimum Gasteiger partial charge on any atom is -0.504 e. The monoisotopic (exact) mass is 186 g/mol. The van der Waals surface area contributed by atoms with Crippen LogP contribution < -0.4 is 0 Å². The molecule has 1 rings (SSSR count). The highest BCUT2D eigenvalue weighted by Gasteiger charge is 1.97. The Morgan fingerprint density at radius 1 is 1.36 bits per heavy atom. The van der Waals surface area contributed by atoms with Gasteiger partial charge in [0, 0.05) is 5.57 Å². The number of allylic oxidation sites excluding steroid dienone is 2. The number of hydrogen-bond donors (Lipinski definition) is 0. The molecule has 0 bridgehead atoms. The van der Waals surface area contributed by atoms with Crippen molar-refractivity contribution in [3.05, 3.63) is 60.9 Å². The molecule has 0 amide bonds. The maximum absolute atomic E-state index is 4.96. The highest BCUT2D eigenvalue weighted by atomic mass is 16.5. The lowest BCUT2D eigenvalue weighted by Gasteiger charge is -2.03. The Balaban J connectivity index is 3.10. The fourth-order valence-corrected chi connectivity index (χ4v) is 1.21. The van der Waals surface area contributed by atoms with Gasteiger partial charge >= 0.3 is 0 Å². The SMILES string of the molecule is C=C/C(=C\OC)c1cccc(C=C)c1. The number of hydrogen-bond acceptors (Lipinski definition) is 1. The van der Waals surface area contributed by atoms with Gasteiger partial charge in [-0.1, -0.05) is 43.5 Å². The van der Waals surface area contributed by atoms with E-state index in [1.807, 2.05) is 30.3 Å². The van der Waals surface area contributed by atoms with E-state index in [2.05, 4.69) is 13.2 Å². The third kappa shape index (κ3) is 2.36. The third-order valence-corrected chi connectivity index (χ3v) is 1.92. The van der Waals surface area contributed by atoms with E-state index in [0.717, 1.165) is 16.7 Å². The first-order valence-electron chi connectivity index (χ1n) is 4.40. The summed E-state index contributed by atoms with van der Waals surface area (Å²) in [5.41, 5.74) is 3.14. The van der Waals surface area contributed by atoms with E-state index in [-0.39, 0.29) is 0 Å². The second-order valence-corrected chi connectivity index (χ2v) is 2.84. The van der Waals surface area contributed by atoms with Gasteiger partial charge in [-0.3, -0.25) is 0 Å². The average molecular weight is 186 g/mol. The van der Waals surface area contributed by atoms with E-state index in [9.17, 15) is 0 Å². The maximum Gasteiger partial charge on any atom is 0.0902 e. The maximum atomic E-state index is 4.96.